The van der Waals surface area contributed by atoms with Crippen molar-refractivity contribution in [2.75, 3.05) is 0 Å². The number of aryl methyl sites for hydroxylation is 2. The molecule has 0 unspecified atom stereocenters. The maximum atomic E-state index is 8.94. The number of hydrogen-bond donors (Lipinski definition) is 2. The van der Waals surface area contributed by atoms with E-state index in [4.69, 9.17) is 52.6 Å². The Morgan fingerprint density at radius 1 is 1.30 bits per heavy atom. The molecule has 30 heavy (non-hydrogen) atoms. The van der Waals surface area contributed by atoms with Crippen molar-refractivity contribution >= 4 is 31.4 Å². The minimum atomic E-state index is -1.69. The predicted molar refractivity (Wildman–Crippen MR) is 117 cm³/mol. The van der Waals surface area contributed by atoms with Crippen LogP contribution in [0.25, 0.3) is 11.1 Å². The highest BCUT2D eigenvalue weighted by Gasteiger charge is 2.44. The smallest absolute Gasteiger partial charge is 0.141 e. The van der Waals surface area contributed by atoms with E-state index in [0.29, 0.717) is 28.3 Å². The largest absolute Gasteiger partial charge is 0.390 e. The lowest BCUT2D eigenvalue weighted by molar-refractivity contribution is 0.207. The lowest BCUT2D eigenvalue weighted by Gasteiger charge is -2.57. The Balaban J connectivity index is 2.19. The highest BCUT2D eigenvalue weighted by atomic mass is 16.5. The van der Waals surface area contributed by atoms with Crippen molar-refractivity contribution in [3.8, 4) is 17.2 Å². The molecule has 3 heterocycles. The average Bonchev–Trinajstić information content (AvgIpc) is 2.98. The summed E-state index contributed by atoms with van der Waals surface area (Å²) in [6.45, 7) is 5.29. The van der Waals surface area contributed by atoms with Gasteiger partial charge in [-0.15, -0.1) is 0 Å². The van der Waals surface area contributed by atoms with Crippen LogP contribution in [0.15, 0.2) is 40.0 Å². The molecule has 0 fully saturated rings. The number of nitrogens with zero attached hydrogens (tertiary/aromatic N) is 4. The van der Waals surface area contributed by atoms with Crippen molar-refractivity contribution < 1.29 is 4.52 Å². The molecule has 0 spiro atoms. The molecular formula is C19H18B4N6O. The zero-order valence-corrected chi connectivity index (χ0v) is 17.1. The van der Waals surface area contributed by atoms with Crippen LogP contribution < -0.4 is 11.5 Å². The molecule has 8 radical (unpaired) electrons. The molecule has 4 N–H and O–H groups in total. The van der Waals surface area contributed by atoms with Crippen LogP contribution in [-0.2, 0) is 11.8 Å². The van der Waals surface area contributed by atoms with Crippen molar-refractivity contribution in [1.29, 1.82) is 5.26 Å². The summed E-state index contributed by atoms with van der Waals surface area (Å²) in [6, 6.07) is 3.63. The molecular weight excluding hydrogens is 371 g/mol. The van der Waals surface area contributed by atoms with Gasteiger partial charge < -0.3 is 20.9 Å². The second kappa shape index (κ2) is 7.35. The summed E-state index contributed by atoms with van der Waals surface area (Å²) in [6.07, 6.45) is 3.20. The lowest BCUT2D eigenvalue weighted by Crippen LogP contribution is -2.65. The number of fused-ring (bicyclic) bond motifs is 1. The monoisotopic (exact) mass is 390 g/mol. The molecule has 11 heteroatoms. The molecule has 0 aliphatic carbocycles. The number of pyridine rings is 1. The molecule has 2 aromatic rings. The maximum absolute atomic E-state index is 8.94. The fraction of sp³-hybridized carbons (Fsp3) is 0.316. The summed E-state index contributed by atoms with van der Waals surface area (Å²) >= 11 is 0. The summed E-state index contributed by atoms with van der Waals surface area (Å²) in [7, 11) is 25.8. The van der Waals surface area contributed by atoms with Gasteiger partial charge in [0.05, 0.1) is 37.1 Å². The average molecular weight is 390 g/mol. The highest BCUT2D eigenvalue weighted by Crippen LogP contribution is 2.40. The summed E-state index contributed by atoms with van der Waals surface area (Å²) in [5, 5.41) is 9.69. The van der Waals surface area contributed by atoms with E-state index >= 15 is 0 Å². The van der Waals surface area contributed by atoms with E-state index in [1.165, 1.54) is 11.0 Å². The number of allylic oxidation sites excluding steroid dienone is 3. The van der Waals surface area contributed by atoms with Gasteiger partial charge >= 0.3 is 0 Å². The molecule has 0 saturated carbocycles. The molecule has 0 saturated heterocycles. The molecule has 2 aromatic heterocycles. The molecule has 0 bridgehead atoms. The van der Waals surface area contributed by atoms with E-state index in [-0.39, 0.29) is 17.9 Å². The Morgan fingerprint density at radius 2 is 1.97 bits per heavy atom. The van der Waals surface area contributed by atoms with Crippen molar-refractivity contribution in [2.45, 2.75) is 37.9 Å². The molecule has 7 nitrogen and oxygen atoms in total. The summed E-state index contributed by atoms with van der Waals surface area (Å²) < 4.78 is 5.25. The van der Waals surface area contributed by atoms with Gasteiger partial charge in [-0.2, -0.15) is 5.26 Å². The Bertz CT molecular complexity index is 1090. The molecule has 1 aliphatic rings. The highest BCUT2D eigenvalue weighted by molar-refractivity contribution is 6.44. The van der Waals surface area contributed by atoms with Crippen molar-refractivity contribution in [3.05, 3.63) is 58.1 Å². The first-order chi connectivity index (χ1) is 13.9. The van der Waals surface area contributed by atoms with Crippen LogP contribution in [0.2, 0.25) is 0 Å². The van der Waals surface area contributed by atoms with E-state index < -0.39 is 10.7 Å². The second-order valence-electron chi connectivity index (χ2n) is 7.53. The minimum Gasteiger partial charge on any atom is -0.390 e. The normalized spacial score (nSPS) is 18.3. The van der Waals surface area contributed by atoms with E-state index in [1.54, 1.807) is 26.1 Å². The van der Waals surface area contributed by atoms with Crippen LogP contribution in [-0.4, -0.2) is 51.8 Å². The zero-order chi connectivity index (χ0) is 22.4. The van der Waals surface area contributed by atoms with Crippen LogP contribution in [0.5, 0.6) is 0 Å². The number of rotatable bonds is 3. The first-order valence-electron chi connectivity index (χ1n) is 9.12. The molecule has 3 rings (SSSR count). The van der Waals surface area contributed by atoms with Gasteiger partial charge in [-0.1, -0.05) is 5.16 Å². The quantitative estimate of drug-likeness (QED) is 0.437. The van der Waals surface area contributed by atoms with Gasteiger partial charge in [0.25, 0.3) is 0 Å². The van der Waals surface area contributed by atoms with Gasteiger partial charge in [-0.05, 0) is 61.1 Å². The fourth-order valence-electron chi connectivity index (χ4n) is 3.76. The molecule has 0 amide bonds. The summed E-state index contributed by atoms with van der Waals surface area (Å²) in [5.41, 5.74) is 15.6. The third kappa shape index (κ3) is 3.51. The molecule has 142 valence electrons. The van der Waals surface area contributed by atoms with Gasteiger partial charge in [0.15, 0.2) is 0 Å². The van der Waals surface area contributed by atoms with E-state index in [9.17, 15) is 0 Å². The first-order valence-corrected chi connectivity index (χ1v) is 9.12. The van der Waals surface area contributed by atoms with E-state index in [2.05, 4.69) is 10.1 Å². The van der Waals surface area contributed by atoms with Gasteiger partial charge in [-0.25, -0.2) is 0 Å². The Kier molecular flexibility index (Phi) is 5.32. The third-order valence-electron chi connectivity index (χ3n) is 5.11. The van der Waals surface area contributed by atoms with Gasteiger partial charge in [-0.3, -0.25) is 4.98 Å². The second-order valence-corrected chi connectivity index (χ2v) is 7.53. The van der Waals surface area contributed by atoms with Crippen LogP contribution in [0.4, 0.5) is 0 Å². The number of hydrogen-bond acceptors (Lipinski definition) is 7. The Morgan fingerprint density at radius 3 is 2.53 bits per heavy atom. The van der Waals surface area contributed by atoms with Crippen LogP contribution in [0.3, 0.4) is 0 Å². The first kappa shape index (κ1) is 21.7. The number of nitrogens with two attached hydrogens (primary N) is 2. The standard InChI is InChI=1S/C19H18B4N6O/c1-9(4-13(25)7-24)17(26)29-18(20,21)6-15-14(19(29,22)23)5-12(8-27-15)16-10(2)28-30-11(16)3/h4-5,8H,6,25-26H2,1-3H3/b13-4-,17-9+. The van der Waals surface area contributed by atoms with E-state index in [1.807, 2.05) is 13.0 Å². The molecule has 1 aliphatic heterocycles. The minimum absolute atomic E-state index is 0.0329. The predicted octanol–water partition coefficient (Wildman–Crippen LogP) is 0.206. The summed E-state index contributed by atoms with van der Waals surface area (Å²) in [5.74, 6) is 0.734. The zero-order valence-electron chi connectivity index (χ0n) is 17.1. The Hall–Kier alpha value is -3.01. The van der Waals surface area contributed by atoms with Crippen LogP contribution >= 0.6 is 0 Å². The molecule has 0 atom stereocenters. The third-order valence-corrected chi connectivity index (χ3v) is 5.11. The Labute approximate surface area is 181 Å². The van der Waals surface area contributed by atoms with Crippen LogP contribution in [0.1, 0.15) is 29.6 Å². The maximum Gasteiger partial charge on any atom is 0.141 e. The molecule has 0 aromatic carbocycles. The topological polar surface area (TPSA) is 118 Å². The lowest BCUT2D eigenvalue weighted by atomic mass is 9.46. The fourth-order valence-corrected chi connectivity index (χ4v) is 3.76. The van der Waals surface area contributed by atoms with Crippen molar-refractivity contribution in [2.24, 2.45) is 11.5 Å². The van der Waals surface area contributed by atoms with Crippen LogP contribution in [0, 0.1) is 25.2 Å². The number of nitriles is 1. The summed E-state index contributed by atoms with van der Waals surface area (Å²) in [4.78, 5) is 5.82. The SMILES string of the molecule is [B]C1([B])Cc2ncc(-c3c(C)noc3C)cc2C([B])([B])N1/C(N)=C(C)/C=C(\N)C#N. The number of aromatic nitrogens is 2. The van der Waals surface area contributed by atoms with E-state index in [0.717, 1.165) is 11.1 Å². The van der Waals surface area contributed by atoms with Crippen molar-refractivity contribution in [1.82, 2.24) is 15.0 Å². The van der Waals surface area contributed by atoms with Crippen molar-refractivity contribution in [3.63, 3.8) is 0 Å². The van der Waals surface area contributed by atoms with Gasteiger partial charge in [0.1, 0.15) is 23.3 Å². The van der Waals surface area contributed by atoms with Gasteiger partial charge in [0, 0.05) is 23.0 Å². The van der Waals surface area contributed by atoms with Gasteiger partial charge in [0.2, 0.25) is 0 Å².